The second kappa shape index (κ2) is 6.39. The van der Waals surface area contributed by atoms with Gasteiger partial charge in [-0.3, -0.25) is 9.36 Å². The normalized spacial score (nSPS) is 17.0. The predicted octanol–water partition coefficient (Wildman–Crippen LogP) is 2.24. The molecule has 1 atom stereocenters. The Kier molecular flexibility index (Phi) is 3.74. The van der Waals surface area contributed by atoms with Crippen molar-refractivity contribution in [3.63, 3.8) is 0 Å². The van der Waals surface area contributed by atoms with Gasteiger partial charge in [0.2, 0.25) is 0 Å². The van der Waals surface area contributed by atoms with Crippen LogP contribution in [-0.2, 0) is 6.54 Å². The Morgan fingerprint density at radius 3 is 2.96 bits per heavy atom. The minimum absolute atomic E-state index is 0.112. The number of fused-ring (bicyclic) bond motifs is 1. The molecular formula is C19H18N6O2. The van der Waals surface area contributed by atoms with Crippen molar-refractivity contribution in [1.29, 1.82) is 0 Å². The molecule has 0 amide bonds. The highest BCUT2D eigenvalue weighted by Gasteiger charge is 2.29. The van der Waals surface area contributed by atoms with Crippen LogP contribution in [0.4, 0.5) is 6.01 Å². The van der Waals surface area contributed by atoms with Gasteiger partial charge in [-0.1, -0.05) is 12.1 Å². The number of imidazole rings is 1. The molecule has 1 aromatic carbocycles. The smallest absolute Gasteiger partial charge is 0.298 e. The van der Waals surface area contributed by atoms with E-state index in [1.807, 2.05) is 24.3 Å². The van der Waals surface area contributed by atoms with Crippen molar-refractivity contribution < 1.29 is 4.42 Å². The molecule has 1 saturated heterocycles. The van der Waals surface area contributed by atoms with Gasteiger partial charge < -0.3 is 9.32 Å². The highest BCUT2D eigenvalue weighted by Crippen LogP contribution is 2.28. The summed E-state index contributed by atoms with van der Waals surface area (Å²) in [6.45, 7) is 1.34. The first kappa shape index (κ1) is 15.8. The molecule has 0 radical (unpaired) electrons. The largest absolute Gasteiger partial charge is 0.423 e. The summed E-state index contributed by atoms with van der Waals surface area (Å²) in [4.78, 5) is 23.1. The summed E-state index contributed by atoms with van der Waals surface area (Å²) in [6, 6.07) is 11.7. The first-order chi connectivity index (χ1) is 13.3. The van der Waals surface area contributed by atoms with Crippen LogP contribution in [0.5, 0.6) is 0 Å². The highest BCUT2D eigenvalue weighted by atomic mass is 16.4. The van der Waals surface area contributed by atoms with Crippen molar-refractivity contribution in [2.45, 2.75) is 25.4 Å². The molecule has 0 aliphatic carbocycles. The maximum atomic E-state index is 12.3. The van der Waals surface area contributed by atoms with Crippen LogP contribution >= 0.6 is 0 Å². The number of nitrogens with zero attached hydrogens (tertiary/aromatic N) is 6. The van der Waals surface area contributed by atoms with E-state index in [1.165, 1.54) is 4.68 Å². The van der Waals surface area contributed by atoms with E-state index in [-0.39, 0.29) is 11.6 Å². The first-order valence-electron chi connectivity index (χ1n) is 8.97. The van der Waals surface area contributed by atoms with E-state index in [4.69, 9.17) is 4.42 Å². The molecule has 1 aliphatic rings. The monoisotopic (exact) mass is 362 g/mol. The van der Waals surface area contributed by atoms with Crippen LogP contribution in [0, 0.1) is 0 Å². The maximum Gasteiger partial charge on any atom is 0.298 e. The SMILES string of the molecule is O=c1ccc(-n2ccnc2)nn1CC1CCCN1c1nc2ccccc2o1. The average Bonchev–Trinajstić information content (AvgIpc) is 3.43. The van der Waals surface area contributed by atoms with Gasteiger partial charge >= 0.3 is 0 Å². The van der Waals surface area contributed by atoms with Gasteiger partial charge in [0.1, 0.15) is 11.8 Å². The third-order valence-electron chi connectivity index (χ3n) is 4.91. The fraction of sp³-hybridized carbons (Fsp3) is 0.263. The van der Waals surface area contributed by atoms with Gasteiger partial charge in [-0.25, -0.2) is 9.67 Å². The van der Waals surface area contributed by atoms with Crippen LogP contribution in [0.2, 0.25) is 0 Å². The summed E-state index contributed by atoms with van der Waals surface area (Å²) < 4.78 is 9.22. The number of rotatable bonds is 4. The fourth-order valence-corrected chi connectivity index (χ4v) is 3.56. The van der Waals surface area contributed by atoms with Crippen molar-refractivity contribution in [2.75, 3.05) is 11.4 Å². The van der Waals surface area contributed by atoms with E-state index >= 15 is 0 Å². The zero-order chi connectivity index (χ0) is 18.2. The molecule has 4 aromatic rings. The summed E-state index contributed by atoms with van der Waals surface area (Å²) in [5.41, 5.74) is 1.49. The summed E-state index contributed by atoms with van der Waals surface area (Å²) in [6.07, 6.45) is 7.14. The van der Waals surface area contributed by atoms with Gasteiger partial charge in [-0.05, 0) is 31.0 Å². The van der Waals surface area contributed by atoms with E-state index in [1.54, 1.807) is 35.4 Å². The van der Waals surface area contributed by atoms with Gasteiger partial charge in [0.15, 0.2) is 11.4 Å². The Labute approximate surface area is 154 Å². The lowest BCUT2D eigenvalue weighted by Gasteiger charge is -2.23. The molecule has 0 N–H and O–H groups in total. The second-order valence-corrected chi connectivity index (χ2v) is 6.64. The van der Waals surface area contributed by atoms with Gasteiger partial charge in [0.05, 0.1) is 12.6 Å². The number of anilines is 1. The highest BCUT2D eigenvalue weighted by molar-refractivity contribution is 5.74. The lowest BCUT2D eigenvalue weighted by molar-refractivity contribution is 0.463. The van der Waals surface area contributed by atoms with Gasteiger partial charge in [0, 0.05) is 25.0 Å². The number of benzene rings is 1. The lowest BCUT2D eigenvalue weighted by Crippen LogP contribution is -2.37. The van der Waals surface area contributed by atoms with E-state index < -0.39 is 0 Å². The molecule has 3 aromatic heterocycles. The van der Waals surface area contributed by atoms with Crippen LogP contribution in [0.25, 0.3) is 16.9 Å². The summed E-state index contributed by atoms with van der Waals surface area (Å²) in [5.74, 6) is 0.665. The van der Waals surface area contributed by atoms with E-state index in [2.05, 4.69) is 20.0 Å². The van der Waals surface area contributed by atoms with Crippen LogP contribution < -0.4 is 10.5 Å². The van der Waals surface area contributed by atoms with Crippen LogP contribution in [0.3, 0.4) is 0 Å². The number of hydrogen-bond acceptors (Lipinski definition) is 6. The number of para-hydroxylation sites is 2. The number of aromatic nitrogens is 5. The lowest BCUT2D eigenvalue weighted by atomic mass is 10.2. The minimum Gasteiger partial charge on any atom is -0.423 e. The van der Waals surface area contributed by atoms with Crippen molar-refractivity contribution in [3.8, 4) is 5.82 Å². The molecule has 0 spiro atoms. The quantitative estimate of drug-likeness (QED) is 0.554. The van der Waals surface area contributed by atoms with Gasteiger partial charge in [0.25, 0.3) is 11.6 Å². The first-order valence-corrected chi connectivity index (χ1v) is 8.97. The summed E-state index contributed by atoms with van der Waals surface area (Å²) >= 11 is 0. The molecular weight excluding hydrogens is 344 g/mol. The molecule has 4 heterocycles. The summed E-state index contributed by atoms with van der Waals surface area (Å²) in [5, 5.41) is 4.50. The van der Waals surface area contributed by atoms with E-state index in [9.17, 15) is 4.79 Å². The topological polar surface area (TPSA) is 82.0 Å². The van der Waals surface area contributed by atoms with Crippen molar-refractivity contribution in [2.24, 2.45) is 0 Å². The van der Waals surface area contributed by atoms with Crippen LogP contribution in [-0.4, -0.2) is 36.9 Å². The zero-order valence-electron chi connectivity index (χ0n) is 14.6. The zero-order valence-corrected chi connectivity index (χ0v) is 14.6. The van der Waals surface area contributed by atoms with Gasteiger partial charge in [-0.15, -0.1) is 0 Å². The number of hydrogen-bond donors (Lipinski definition) is 0. The predicted molar refractivity (Wildman–Crippen MR) is 100.0 cm³/mol. The Morgan fingerprint density at radius 1 is 1.19 bits per heavy atom. The van der Waals surface area contributed by atoms with Crippen molar-refractivity contribution >= 4 is 17.1 Å². The van der Waals surface area contributed by atoms with Crippen molar-refractivity contribution in [1.82, 2.24) is 24.3 Å². The Morgan fingerprint density at radius 2 is 2.11 bits per heavy atom. The molecule has 8 nitrogen and oxygen atoms in total. The molecule has 1 aliphatic heterocycles. The second-order valence-electron chi connectivity index (χ2n) is 6.64. The van der Waals surface area contributed by atoms with Gasteiger partial charge in [-0.2, -0.15) is 10.1 Å². The van der Waals surface area contributed by atoms with E-state index in [0.29, 0.717) is 18.4 Å². The Balaban J connectivity index is 1.44. The maximum absolute atomic E-state index is 12.3. The average molecular weight is 362 g/mol. The molecule has 1 fully saturated rings. The minimum atomic E-state index is -0.122. The molecule has 5 rings (SSSR count). The van der Waals surface area contributed by atoms with Crippen LogP contribution in [0.1, 0.15) is 12.8 Å². The third kappa shape index (κ3) is 2.88. The summed E-state index contributed by atoms with van der Waals surface area (Å²) in [7, 11) is 0. The fourth-order valence-electron chi connectivity index (χ4n) is 3.56. The Hall–Kier alpha value is -3.42. The van der Waals surface area contributed by atoms with Crippen LogP contribution in [0.15, 0.2) is 64.3 Å². The molecule has 8 heteroatoms. The third-order valence-corrected chi connectivity index (χ3v) is 4.91. The molecule has 136 valence electrons. The molecule has 0 saturated carbocycles. The number of oxazole rings is 1. The molecule has 27 heavy (non-hydrogen) atoms. The standard InChI is InChI=1S/C19H18N6O2/c26-18-8-7-17(23-11-9-20-13-23)22-25(18)12-14-4-3-10-24(14)19-21-15-5-1-2-6-16(15)27-19/h1-2,5-9,11,13-14H,3-4,10,12H2. The van der Waals surface area contributed by atoms with Crippen molar-refractivity contribution in [3.05, 3.63) is 65.5 Å². The van der Waals surface area contributed by atoms with E-state index in [0.717, 1.165) is 30.5 Å². The molecule has 1 unspecified atom stereocenters. The molecule has 0 bridgehead atoms. The Bertz CT molecular complexity index is 1100.